The second-order valence-corrected chi connectivity index (χ2v) is 13.2. The molecule has 2 aliphatic rings. The van der Waals surface area contributed by atoms with Crippen LogP contribution < -0.4 is 0 Å². The molecule has 4 N–H and O–H groups in total. The van der Waals surface area contributed by atoms with Gasteiger partial charge < -0.3 is 29.9 Å². The average molecular weight is 591 g/mol. The Morgan fingerprint density at radius 2 is 1.79 bits per heavy atom. The van der Waals surface area contributed by atoms with Crippen molar-refractivity contribution in [3.05, 3.63) is 28.8 Å². The molecule has 8 nitrogen and oxygen atoms in total. The van der Waals surface area contributed by atoms with Crippen LogP contribution in [0.15, 0.2) is 12.1 Å². The van der Waals surface area contributed by atoms with Gasteiger partial charge in [0, 0.05) is 11.8 Å². The summed E-state index contributed by atoms with van der Waals surface area (Å²) in [4.78, 5) is 25.7. The molecular formula is C34H54O8. The van der Waals surface area contributed by atoms with Gasteiger partial charge in [0.1, 0.15) is 17.1 Å². The summed E-state index contributed by atoms with van der Waals surface area (Å²) in [6, 6.07) is 3.40. The smallest absolute Gasteiger partial charge is 0.339 e. The Morgan fingerprint density at radius 3 is 2.33 bits per heavy atom. The summed E-state index contributed by atoms with van der Waals surface area (Å²) in [5.74, 6) is -2.55. The van der Waals surface area contributed by atoms with Gasteiger partial charge in [-0.1, -0.05) is 53.7 Å². The Bertz CT molecular complexity index is 1100. The van der Waals surface area contributed by atoms with Crippen LogP contribution >= 0.6 is 0 Å². The van der Waals surface area contributed by atoms with Gasteiger partial charge in [0.15, 0.2) is 0 Å². The first-order valence-electron chi connectivity index (χ1n) is 16.0. The fraction of sp³-hybridized carbons (Fsp3) is 0.765. The zero-order chi connectivity index (χ0) is 31.6. The molecule has 0 bridgehead atoms. The minimum Gasteiger partial charge on any atom is -0.507 e. The Morgan fingerprint density at radius 1 is 1.12 bits per heavy atom. The van der Waals surface area contributed by atoms with Crippen molar-refractivity contribution >= 4 is 11.8 Å². The van der Waals surface area contributed by atoms with Crippen LogP contribution in [0.3, 0.4) is 0 Å². The van der Waals surface area contributed by atoms with Gasteiger partial charge in [-0.25, -0.2) is 4.79 Å². The molecule has 0 radical (unpaired) electrons. The van der Waals surface area contributed by atoms with Crippen molar-refractivity contribution in [1.29, 1.82) is 0 Å². The van der Waals surface area contributed by atoms with E-state index >= 15 is 0 Å². The van der Waals surface area contributed by atoms with Crippen molar-refractivity contribution in [1.82, 2.24) is 0 Å². The molecule has 10 atom stereocenters. The molecule has 0 aliphatic carbocycles. The van der Waals surface area contributed by atoms with Crippen molar-refractivity contribution in [3.63, 3.8) is 0 Å². The molecule has 3 rings (SSSR count). The first-order valence-corrected chi connectivity index (χ1v) is 16.0. The van der Waals surface area contributed by atoms with Gasteiger partial charge in [0.05, 0.1) is 35.6 Å². The van der Waals surface area contributed by atoms with Gasteiger partial charge >= 0.3 is 5.97 Å². The number of carbonyl (C=O) groups is 2. The summed E-state index contributed by atoms with van der Waals surface area (Å²) >= 11 is 0. The number of benzene rings is 1. The first kappa shape index (κ1) is 34.5. The predicted octanol–water partition coefficient (Wildman–Crippen LogP) is 5.84. The van der Waals surface area contributed by atoms with Crippen LogP contribution in [0.5, 0.6) is 5.75 Å². The normalized spacial score (nSPS) is 32.7. The number of phenols is 1. The third kappa shape index (κ3) is 6.72. The summed E-state index contributed by atoms with van der Waals surface area (Å²) in [7, 11) is 0. The number of carboxylic acid groups (broad SMARTS) is 1. The van der Waals surface area contributed by atoms with Crippen LogP contribution in [0.4, 0.5) is 0 Å². The number of aliphatic hydroxyl groups excluding tert-OH is 1. The Balaban J connectivity index is 1.69. The minimum absolute atomic E-state index is 0.0157. The van der Waals surface area contributed by atoms with Gasteiger partial charge in [-0.05, 0) is 88.2 Å². The molecule has 0 saturated carbocycles. The third-order valence-corrected chi connectivity index (χ3v) is 10.7. The Kier molecular flexibility index (Phi) is 11.3. The van der Waals surface area contributed by atoms with E-state index in [1.54, 1.807) is 26.0 Å². The number of carbonyl (C=O) groups excluding carboxylic acids is 1. The van der Waals surface area contributed by atoms with E-state index in [4.69, 9.17) is 9.47 Å². The van der Waals surface area contributed by atoms with Crippen LogP contribution in [0.2, 0.25) is 0 Å². The second-order valence-electron chi connectivity index (χ2n) is 13.2. The lowest BCUT2D eigenvalue weighted by Crippen LogP contribution is -2.55. The Labute approximate surface area is 251 Å². The van der Waals surface area contributed by atoms with Crippen molar-refractivity contribution in [3.8, 4) is 5.75 Å². The maximum Gasteiger partial charge on any atom is 0.339 e. The van der Waals surface area contributed by atoms with Crippen LogP contribution in [-0.4, -0.2) is 67.8 Å². The molecule has 8 heteroatoms. The fourth-order valence-electron chi connectivity index (χ4n) is 7.45. The van der Waals surface area contributed by atoms with E-state index in [1.165, 1.54) is 0 Å². The van der Waals surface area contributed by atoms with Crippen molar-refractivity contribution in [2.24, 2.45) is 23.7 Å². The van der Waals surface area contributed by atoms with E-state index < -0.39 is 29.2 Å². The molecular weight excluding hydrogens is 536 g/mol. The summed E-state index contributed by atoms with van der Waals surface area (Å²) < 4.78 is 13.2. The van der Waals surface area contributed by atoms with Crippen molar-refractivity contribution < 1.29 is 39.5 Å². The fourth-order valence-corrected chi connectivity index (χ4v) is 7.45. The molecule has 0 amide bonds. The number of rotatable bonds is 13. The van der Waals surface area contributed by atoms with Crippen molar-refractivity contribution in [2.75, 3.05) is 0 Å². The lowest BCUT2D eigenvalue weighted by molar-refractivity contribution is -0.229. The monoisotopic (exact) mass is 590 g/mol. The first-order chi connectivity index (χ1) is 19.7. The predicted molar refractivity (Wildman–Crippen MR) is 162 cm³/mol. The van der Waals surface area contributed by atoms with Gasteiger partial charge in [0.2, 0.25) is 0 Å². The molecule has 2 aliphatic heterocycles. The third-order valence-electron chi connectivity index (χ3n) is 10.7. The number of ether oxygens (including phenoxy) is 2. The standard InChI is InChI=1S/C34H54O8/c1-9-25(31-21(6)18-34(11-3,42-31)26-16-17-33(40,10-2)23(8)41-26)30(37)22(7)28(35)19(4)12-14-24-15-13-20(5)29(36)27(24)32(38)39/h13,15,19,21-23,25-26,28,31,35-36,40H,9-12,14,16-18H2,1-8H3,(H,38,39)/t19-,21+,22-,23+,25+,26-,28+,31+,33-,34+/m1/s1. The lowest BCUT2D eigenvalue weighted by atomic mass is 9.76. The van der Waals surface area contributed by atoms with E-state index in [1.807, 2.05) is 27.7 Å². The van der Waals surface area contributed by atoms with Gasteiger partial charge in [-0.3, -0.25) is 4.79 Å². The van der Waals surface area contributed by atoms with Gasteiger partial charge in [-0.15, -0.1) is 0 Å². The Hall–Kier alpha value is -2.00. The summed E-state index contributed by atoms with van der Waals surface area (Å²) in [5.41, 5.74) is -0.437. The lowest BCUT2D eigenvalue weighted by Gasteiger charge is -2.47. The van der Waals surface area contributed by atoms with Gasteiger partial charge in [-0.2, -0.15) is 0 Å². The largest absolute Gasteiger partial charge is 0.507 e. The highest BCUT2D eigenvalue weighted by Gasteiger charge is 2.55. The van der Waals surface area contributed by atoms with Crippen LogP contribution in [0.25, 0.3) is 0 Å². The van der Waals surface area contributed by atoms with E-state index in [2.05, 4.69) is 13.8 Å². The molecule has 0 aromatic heterocycles. The van der Waals surface area contributed by atoms with Crippen LogP contribution in [0, 0.1) is 30.6 Å². The number of aliphatic hydroxyl groups is 2. The molecule has 238 valence electrons. The molecule has 0 spiro atoms. The number of ketones is 1. The topological polar surface area (TPSA) is 134 Å². The van der Waals surface area contributed by atoms with Crippen LogP contribution in [0.1, 0.15) is 115 Å². The van der Waals surface area contributed by atoms with Gasteiger partial charge in [0.25, 0.3) is 0 Å². The molecule has 2 saturated heterocycles. The quantitative estimate of drug-likeness (QED) is 0.225. The molecule has 1 aromatic rings. The number of hydrogen-bond donors (Lipinski definition) is 4. The summed E-state index contributed by atoms with van der Waals surface area (Å²) in [6.45, 7) is 15.4. The molecule has 2 heterocycles. The maximum atomic E-state index is 13.9. The molecule has 42 heavy (non-hydrogen) atoms. The maximum absolute atomic E-state index is 13.9. The highest BCUT2D eigenvalue weighted by atomic mass is 16.6. The highest BCUT2D eigenvalue weighted by molar-refractivity contribution is 5.93. The number of aryl methyl sites for hydroxylation is 2. The van der Waals surface area contributed by atoms with Crippen molar-refractivity contribution in [2.45, 2.75) is 142 Å². The molecule has 1 aromatic carbocycles. The SMILES string of the molecule is CC[C@@H](C(=O)[C@H](C)[C@@H](O)[C@H](C)CCc1ccc(C)c(O)c1C(=O)O)[C@H]1O[C@](CC)([C@H]2CC[C@](O)(CC)[C@H](C)O2)C[C@@H]1C. The zero-order valence-corrected chi connectivity index (χ0v) is 26.9. The zero-order valence-electron chi connectivity index (χ0n) is 26.9. The van der Waals surface area contributed by atoms with E-state index in [-0.39, 0.29) is 53.2 Å². The number of Topliss-reactive ketones (excluding diaryl/α,β-unsaturated/α-hetero) is 1. The van der Waals surface area contributed by atoms with E-state index in [0.29, 0.717) is 49.7 Å². The highest BCUT2D eigenvalue weighted by Crippen LogP contribution is 2.48. The molecule has 0 unspecified atom stereocenters. The summed E-state index contributed by atoms with van der Waals surface area (Å²) in [5, 5.41) is 42.1. The second kappa shape index (κ2) is 13.7. The number of carboxylic acids is 1. The van der Waals surface area contributed by atoms with E-state index in [0.717, 1.165) is 12.8 Å². The number of hydrogen-bond acceptors (Lipinski definition) is 7. The summed E-state index contributed by atoms with van der Waals surface area (Å²) in [6.07, 6.45) is 3.34. The van der Waals surface area contributed by atoms with E-state index in [9.17, 15) is 30.0 Å². The minimum atomic E-state index is -1.18. The number of aromatic hydroxyl groups is 1. The number of aromatic carboxylic acids is 1. The molecule has 2 fully saturated rings. The average Bonchev–Trinajstić information content (AvgIpc) is 3.31. The van der Waals surface area contributed by atoms with Crippen LogP contribution in [-0.2, 0) is 20.7 Å².